The molecule has 98 valence electrons. The average Bonchev–Trinajstić information content (AvgIpc) is 2.33. The summed E-state index contributed by atoms with van der Waals surface area (Å²) < 4.78 is 5.61. The van der Waals surface area contributed by atoms with E-state index in [0.29, 0.717) is 6.42 Å². The molecule has 2 aliphatic heterocycles. The van der Waals surface area contributed by atoms with Gasteiger partial charge in [-0.05, 0) is 18.6 Å². The molecule has 0 amide bonds. The molecule has 2 aliphatic rings. The fourth-order valence-electron chi connectivity index (χ4n) is 2.12. The van der Waals surface area contributed by atoms with Crippen molar-refractivity contribution in [3.8, 4) is 0 Å². The Morgan fingerprint density at radius 1 is 1.12 bits per heavy atom. The topological polar surface area (TPSA) is 95.9 Å². The summed E-state index contributed by atoms with van der Waals surface area (Å²) in [4.78, 5) is 0. The minimum Gasteiger partial charge on any atom is -0.388 e. The first-order valence-corrected chi connectivity index (χ1v) is 6.88. The maximum Gasteiger partial charge on any atom is 0.132 e. The van der Waals surface area contributed by atoms with Gasteiger partial charge in [-0.2, -0.15) is 0 Å². The molecule has 5 nitrogen and oxygen atoms in total. The van der Waals surface area contributed by atoms with Crippen LogP contribution in [0.4, 0.5) is 0 Å². The molecule has 0 aromatic rings. The second kappa shape index (κ2) is 5.69. The Kier molecular flexibility index (Phi) is 4.46. The van der Waals surface area contributed by atoms with E-state index in [4.69, 9.17) is 10.5 Å². The van der Waals surface area contributed by atoms with E-state index >= 15 is 0 Å². The molecule has 0 aromatic carbocycles. The predicted molar refractivity (Wildman–Crippen MR) is 65.5 cm³/mol. The van der Waals surface area contributed by atoms with Crippen molar-refractivity contribution in [1.82, 2.24) is 0 Å². The smallest absolute Gasteiger partial charge is 0.132 e. The minimum atomic E-state index is -1.19. The van der Waals surface area contributed by atoms with Crippen molar-refractivity contribution < 1.29 is 20.1 Å². The number of thioether (sulfide) groups is 1. The van der Waals surface area contributed by atoms with E-state index in [2.05, 4.69) is 0 Å². The lowest BCUT2D eigenvalue weighted by atomic mass is 9.93. The zero-order valence-electron chi connectivity index (χ0n) is 9.48. The molecule has 17 heavy (non-hydrogen) atoms. The third-order valence-electron chi connectivity index (χ3n) is 3.17. The Morgan fingerprint density at radius 3 is 2.65 bits per heavy atom. The first-order valence-electron chi connectivity index (χ1n) is 5.83. The van der Waals surface area contributed by atoms with E-state index in [1.165, 1.54) is 11.8 Å². The van der Waals surface area contributed by atoms with Crippen molar-refractivity contribution in [1.29, 1.82) is 0 Å². The highest BCUT2D eigenvalue weighted by atomic mass is 32.2. The normalized spacial score (nSPS) is 49.6. The first kappa shape index (κ1) is 13.3. The predicted octanol–water partition coefficient (Wildman–Crippen LogP) is -0.796. The zero-order valence-corrected chi connectivity index (χ0v) is 10.3. The summed E-state index contributed by atoms with van der Waals surface area (Å²) in [5.74, 6) is 0.809. The summed E-state index contributed by atoms with van der Waals surface area (Å²) in [6.45, 7) is 0. The van der Waals surface area contributed by atoms with E-state index in [-0.39, 0.29) is 6.04 Å². The second-order valence-electron chi connectivity index (χ2n) is 4.47. The van der Waals surface area contributed by atoms with E-state index in [1.54, 1.807) is 0 Å². The van der Waals surface area contributed by atoms with Crippen LogP contribution in [0.15, 0.2) is 12.2 Å². The Balaban J connectivity index is 2.17. The minimum absolute atomic E-state index is 0.371. The highest BCUT2D eigenvalue weighted by molar-refractivity contribution is 7.99. The van der Waals surface area contributed by atoms with Gasteiger partial charge in [0.15, 0.2) is 0 Å². The van der Waals surface area contributed by atoms with Crippen LogP contribution >= 0.6 is 11.8 Å². The van der Waals surface area contributed by atoms with Crippen LogP contribution in [0.2, 0.25) is 0 Å². The van der Waals surface area contributed by atoms with Gasteiger partial charge in [0, 0.05) is 6.04 Å². The van der Waals surface area contributed by atoms with Crippen LogP contribution < -0.4 is 5.73 Å². The van der Waals surface area contributed by atoms with Crippen molar-refractivity contribution in [2.24, 2.45) is 5.73 Å². The maximum atomic E-state index is 9.86. The molecule has 1 saturated heterocycles. The third kappa shape index (κ3) is 2.83. The molecule has 0 spiro atoms. The van der Waals surface area contributed by atoms with Gasteiger partial charge in [-0.15, -0.1) is 11.8 Å². The van der Waals surface area contributed by atoms with Crippen LogP contribution in [0, 0.1) is 0 Å². The molecule has 2 rings (SSSR count). The van der Waals surface area contributed by atoms with Crippen LogP contribution in [0.5, 0.6) is 0 Å². The van der Waals surface area contributed by atoms with Crippen LogP contribution in [0.3, 0.4) is 0 Å². The second-order valence-corrected chi connectivity index (χ2v) is 5.68. The average molecular weight is 261 g/mol. The summed E-state index contributed by atoms with van der Waals surface area (Å²) in [5.41, 5.74) is 5.42. The number of aliphatic hydroxyl groups excluding tert-OH is 3. The van der Waals surface area contributed by atoms with E-state index in [9.17, 15) is 15.3 Å². The zero-order chi connectivity index (χ0) is 12.4. The third-order valence-corrected chi connectivity index (χ3v) is 4.36. The molecule has 0 unspecified atom stereocenters. The van der Waals surface area contributed by atoms with E-state index < -0.39 is 29.9 Å². The molecule has 2 bridgehead atoms. The van der Waals surface area contributed by atoms with E-state index in [1.807, 2.05) is 12.2 Å². The van der Waals surface area contributed by atoms with Crippen molar-refractivity contribution in [2.45, 2.75) is 48.7 Å². The van der Waals surface area contributed by atoms with Gasteiger partial charge < -0.3 is 25.8 Å². The van der Waals surface area contributed by atoms with Crippen LogP contribution in [0.25, 0.3) is 0 Å². The number of ether oxygens (including phenoxy) is 1. The Hall–Kier alpha value is -0.110. The molecule has 0 aliphatic carbocycles. The van der Waals surface area contributed by atoms with Gasteiger partial charge in [0.2, 0.25) is 0 Å². The molecule has 5 N–H and O–H groups in total. The standard InChI is InChI=1S/C11H19NO4S/c12-6-4-2-1-3-5-17-11-9(15)7(13)8(14)10(6)16-11/h1-2,6-11,13-15H,3-5,12H2/b2-1-/t6-,7+,8-,9-,10-,11-/m1/s1. The summed E-state index contributed by atoms with van der Waals surface area (Å²) in [7, 11) is 0. The lowest BCUT2D eigenvalue weighted by molar-refractivity contribution is -0.202. The number of aliphatic hydroxyl groups is 3. The van der Waals surface area contributed by atoms with Gasteiger partial charge in [-0.25, -0.2) is 0 Å². The lowest BCUT2D eigenvalue weighted by Crippen LogP contribution is -2.61. The number of nitrogens with two attached hydrogens (primary N) is 1. The molecule has 0 radical (unpaired) electrons. The molecule has 1 fully saturated rings. The Bertz CT molecular complexity index is 289. The summed E-state index contributed by atoms with van der Waals surface area (Å²) in [5, 5.41) is 29.5. The molecular formula is C11H19NO4S. The quantitative estimate of drug-likeness (QED) is 0.427. The van der Waals surface area contributed by atoms with Crippen molar-refractivity contribution >= 4 is 11.8 Å². The van der Waals surface area contributed by atoms with Crippen LogP contribution in [-0.2, 0) is 4.74 Å². The van der Waals surface area contributed by atoms with Crippen LogP contribution in [0.1, 0.15) is 12.8 Å². The number of fused-ring (bicyclic) bond motifs is 2. The van der Waals surface area contributed by atoms with Gasteiger partial charge in [0.1, 0.15) is 29.9 Å². The summed E-state index contributed by atoms with van der Waals surface area (Å²) in [6, 6.07) is -0.371. The van der Waals surface area contributed by atoms with Gasteiger partial charge in [-0.1, -0.05) is 12.2 Å². The number of allylic oxidation sites excluding steroid dienone is 1. The Morgan fingerprint density at radius 2 is 1.88 bits per heavy atom. The van der Waals surface area contributed by atoms with Crippen LogP contribution in [-0.4, -0.2) is 57.0 Å². The highest BCUT2D eigenvalue weighted by Crippen LogP contribution is 2.31. The van der Waals surface area contributed by atoms with Gasteiger partial charge in [-0.3, -0.25) is 0 Å². The van der Waals surface area contributed by atoms with Crippen molar-refractivity contribution in [3.05, 3.63) is 12.2 Å². The van der Waals surface area contributed by atoms with Gasteiger partial charge in [0.25, 0.3) is 0 Å². The summed E-state index contributed by atoms with van der Waals surface area (Å²) in [6.07, 6.45) is 1.47. The molecule has 0 saturated carbocycles. The molecule has 6 atom stereocenters. The first-order chi connectivity index (χ1) is 8.11. The Labute approximate surface area is 105 Å². The number of rotatable bonds is 0. The molecule has 6 heteroatoms. The van der Waals surface area contributed by atoms with Gasteiger partial charge >= 0.3 is 0 Å². The lowest BCUT2D eigenvalue weighted by Gasteiger charge is -2.42. The van der Waals surface area contributed by atoms with E-state index in [0.717, 1.165) is 12.2 Å². The SMILES string of the molecule is N[C@@H]1C/C=C\CCS[C@H]2O[C@H]1[C@H](O)[C@H](O)[C@H]2O. The van der Waals surface area contributed by atoms with Gasteiger partial charge in [0.05, 0.1) is 0 Å². The number of hydrogen-bond acceptors (Lipinski definition) is 6. The van der Waals surface area contributed by atoms with Crippen molar-refractivity contribution in [2.75, 3.05) is 5.75 Å². The molecule has 0 aromatic heterocycles. The maximum absolute atomic E-state index is 9.86. The molecular weight excluding hydrogens is 242 g/mol. The monoisotopic (exact) mass is 261 g/mol. The molecule has 2 heterocycles. The summed E-state index contributed by atoms with van der Waals surface area (Å²) >= 11 is 1.44. The fourth-order valence-corrected chi connectivity index (χ4v) is 3.19. The fraction of sp³-hybridized carbons (Fsp3) is 0.818. The van der Waals surface area contributed by atoms with Crippen molar-refractivity contribution in [3.63, 3.8) is 0 Å². The highest BCUT2D eigenvalue weighted by Gasteiger charge is 2.45. The largest absolute Gasteiger partial charge is 0.388 e. The number of hydrogen-bond donors (Lipinski definition) is 4.